The number of carbonyl (C=O) groups excluding carboxylic acids is 1. The second-order valence-electron chi connectivity index (χ2n) is 3.68. The van der Waals surface area contributed by atoms with Crippen molar-refractivity contribution >= 4 is 23.5 Å². The number of nitrogens with one attached hydrogen (secondary N) is 1. The van der Waals surface area contributed by atoms with E-state index in [2.05, 4.69) is 15.5 Å². The lowest BCUT2D eigenvalue weighted by Gasteiger charge is -2.20. The highest BCUT2D eigenvalue weighted by atomic mass is 35.5. The van der Waals surface area contributed by atoms with Crippen molar-refractivity contribution in [2.45, 2.75) is 31.7 Å². The average molecular weight is 233 g/mol. The van der Waals surface area contributed by atoms with Crippen LogP contribution in [0, 0.1) is 0 Å². The molecule has 1 heterocycles. The van der Waals surface area contributed by atoms with Gasteiger partial charge in [0.1, 0.15) is 10.9 Å². The normalized spacial score (nSPS) is 13.6. The number of amides is 1. The highest BCUT2D eigenvalue weighted by molar-refractivity contribution is 6.20. The summed E-state index contributed by atoms with van der Waals surface area (Å²) in [5, 5.41) is 9.73. The van der Waals surface area contributed by atoms with Crippen LogP contribution in [0.25, 0.3) is 0 Å². The zero-order valence-corrected chi connectivity index (χ0v) is 9.50. The molecule has 1 rings (SSSR count). The monoisotopic (exact) mass is 232 g/mol. The first-order valence-electron chi connectivity index (χ1n) is 4.38. The average Bonchev–Trinajstić information content (AvgIpc) is 2.51. The van der Waals surface area contributed by atoms with Gasteiger partial charge in [0, 0.05) is 0 Å². The van der Waals surface area contributed by atoms with Crippen LogP contribution in [0.4, 0.5) is 6.01 Å². The number of aromatic nitrogens is 2. The fourth-order valence-corrected chi connectivity index (χ4v) is 0.863. The van der Waals surface area contributed by atoms with Crippen LogP contribution in [-0.4, -0.2) is 21.6 Å². The van der Waals surface area contributed by atoms with Crippen LogP contribution in [0.15, 0.2) is 4.42 Å². The third-order valence-corrected chi connectivity index (χ3v) is 2.00. The molecule has 1 amide bonds. The van der Waals surface area contributed by atoms with Gasteiger partial charge in [-0.15, -0.1) is 16.7 Å². The van der Waals surface area contributed by atoms with E-state index < -0.39 is 11.4 Å². The molecule has 0 aliphatic heterocycles. The van der Waals surface area contributed by atoms with Gasteiger partial charge in [0.05, 0.1) is 0 Å². The molecule has 0 aromatic carbocycles. The standard InChI is InChI=1S/C8H13ClN4O2/c1-4(9)5-12-13-7(15-5)11-8(2,3)6(10)14/h4H,1-3H3,(H2,10,14)(H,11,13). The van der Waals surface area contributed by atoms with Crippen LogP contribution < -0.4 is 11.1 Å². The maximum absolute atomic E-state index is 11.0. The Morgan fingerprint density at radius 2 is 2.20 bits per heavy atom. The molecule has 6 nitrogen and oxygen atoms in total. The van der Waals surface area contributed by atoms with Crippen molar-refractivity contribution in [3.8, 4) is 0 Å². The number of halogens is 1. The second-order valence-corrected chi connectivity index (χ2v) is 4.33. The van der Waals surface area contributed by atoms with Gasteiger partial charge < -0.3 is 15.5 Å². The number of hydrogen-bond acceptors (Lipinski definition) is 5. The largest absolute Gasteiger partial charge is 0.406 e. The molecule has 1 atom stereocenters. The van der Waals surface area contributed by atoms with Gasteiger partial charge in [-0.1, -0.05) is 5.10 Å². The summed E-state index contributed by atoms with van der Waals surface area (Å²) < 4.78 is 5.16. The minimum Gasteiger partial charge on any atom is -0.406 e. The Morgan fingerprint density at radius 1 is 1.60 bits per heavy atom. The van der Waals surface area contributed by atoms with Gasteiger partial charge in [0.15, 0.2) is 0 Å². The second kappa shape index (κ2) is 4.06. The Hall–Kier alpha value is -1.30. The van der Waals surface area contributed by atoms with Crippen molar-refractivity contribution in [2.24, 2.45) is 5.73 Å². The van der Waals surface area contributed by atoms with Gasteiger partial charge >= 0.3 is 6.01 Å². The number of anilines is 1. The molecule has 0 saturated heterocycles. The van der Waals surface area contributed by atoms with Gasteiger partial charge in [-0.2, -0.15) is 0 Å². The van der Waals surface area contributed by atoms with Gasteiger partial charge in [0.2, 0.25) is 11.8 Å². The van der Waals surface area contributed by atoms with Crippen molar-refractivity contribution in [3.63, 3.8) is 0 Å². The molecule has 0 aliphatic carbocycles. The van der Waals surface area contributed by atoms with Crippen molar-refractivity contribution in [2.75, 3.05) is 5.32 Å². The molecule has 0 fully saturated rings. The molecule has 15 heavy (non-hydrogen) atoms. The van der Waals surface area contributed by atoms with E-state index in [-0.39, 0.29) is 11.4 Å². The van der Waals surface area contributed by atoms with Crippen LogP contribution in [0.1, 0.15) is 32.0 Å². The molecule has 0 radical (unpaired) electrons. The number of nitrogens with two attached hydrogens (primary N) is 1. The van der Waals surface area contributed by atoms with Crippen LogP contribution in [0.2, 0.25) is 0 Å². The van der Waals surface area contributed by atoms with Crippen molar-refractivity contribution in [1.29, 1.82) is 0 Å². The molecular weight excluding hydrogens is 220 g/mol. The van der Waals surface area contributed by atoms with Crippen LogP contribution >= 0.6 is 11.6 Å². The van der Waals surface area contributed by atoms with Crippen molar-refractivity contribution in [3.05, 3.63) is 5.89 Å². The maximum Gasteiger partial charge on any atom is 0.316 e. The van der Waals surface area contributed by atoms with E-state index in [0.29, 0.717) is 5.89 Å². The molecule has 0 bridgehead atoms. The Morgan fingerprint density at radius 3 is 2.60 bits per heavy atom. The molecule has 0 aliphatic rings. The van der Waals surface area contributed by atoms with Crippen molar-refractivity contribution < 1.29 is 9.21 Å². The summed E-state index contributed by atoms with van der Waals surface area (Å²) in [5.41, 5.74) is 4.22. The number of carbonyl (C=O) groups is 1. The molecule has 7 heteroatoms. The summed E-state index contributed by atoms with van der Waals surface area (Å²) in [5.74, 6) is -0.222. The van der Waals surface area contributed by atoms with Crippen molar-refractivity contribution in [1.82, 2.24) is 10.2 Å². The molecule has 1 aromatic rings. The molecule has 3 N–H and O–H groups in total. The highest BCUT2D eigenvalue weighted by Gasteiger charge is 2.27. The van der Waals surface area contributed by atoms with E-state index in [1.165, 1.54) is 0 Å². The highest BCUT2D eigenvalue weighted by Crippen LogP contribution is 2.20. The number of primary amides is 1. The summed E-state index contributed by atoms with van der Waals surface area (Å²) in [6.45, 7) is 4.94. The first-order valence-corrected chi connectivity index (χ1v) is 4.82. The first-order chi connectivity index (χ1) is 6.83. The lowest BCUT2D eigenvalue weighted by Crippen LogP contribution is -2.45. The fourth-order valence-electron chi connectivity index (χ4n) is 0.775. The lowest BCUT2D eigenvalue weighted by molar-refractivity contribution is -0.121. The van der Waals surface area contributed by atoms with Crippen LogP contribution in [0.3, 0.4) is 0 Å². The molecule has 1 aromatic heterocycles. The lowest BCUT2D eigenvalue weighted by atomic mass is 10.1. The predicted molar refractivity (Wildman–Crippen MR) is 55.5 cm³/mol. The van der Waals surface area contributed by atoms with E-state index in [1.807, 2.05) is 0 Å². The maximum atomic E-state index is 11.0. The van der Waals surface area contributed by atoms with E-state index >= 15 is 0 Å². The Balaban J connectivity index is 2.77. The van der Waals surface area contributed by atoms with Gasteiger partial charge in [-0.3, -0.25) is 4.79 Å². The van der Waals surface area contributed by atoms with E-state index in [0.717, 1.165) is 0 Å². The molecule has 84 valence electrons. The number of hydrogen-bond donors (Lipinski definition) is 2. The SMILES string of the molecule is CC(Cl)c1nnc(NC(C)(C)C(N)=O)o1. The zero-order chi connectivity index (χ0) is 11.6. The fraction of sp³-hybridized carbons (Fsp3) is 0.625. The quantitative estimate of drug-likeness (QED) is 0.757. The zero-order valence-electron chi connectivity index (χ0n) is 8.74. The Bertz CT molecular complexity index is 361. The third-order valence-electron chi connectivity index (χ3n) is 1.82. The number of rotatable bonds is 4. The van der Waals surface area contributed by atoms with Gasteiger partial charge in [-0.05, 0) is 20.8 Å². The van der Waals surface area contributed by atoms with E-state index in [4.69, 9.17) is 21.8 Å². The molecule has 0 spiro atoms. The molecule has 0 saturated carbocycles. The summed E-state index contributed by atoms with van der Waals surface area (Å²) >= 11 is 5.73. The Kier molecular flexibility index (Phi) is 3.18. The minimum absolute atomic E-state index is 0.126. The summed E-state index contributed by atoms with van der Waals surface area (Å²) in [6, 6.07) is 0.126. The third kappa shape index (κ3) is 2.82. The van der Waals surface area contributed by atoms with Crippen LogP contribution in [-0.2, 0) is 4.79 Å². The molecular formula is C8H13ClN4O2. The smallest absolute Gasteiger partial charge is 0.316 e. The number of alkyl halides is 1. The first kappa shape index (κ1) is 11.8. The topological polar surface area (TPSA) is 94.0 Å². The predicted octanol–water partition coefficient (Wildman–Crippen LogP) is 1.05. The van der Waals surface area contributed by atoms with Gasteiger partial charge in [0.25, 0.3) is 0 Å². The summed E-state index contributed by atoms with van der Waals surface area (Å²) in [7, 11) is 0. The summed E-state index contributed by atoms with van der Waals surface area (Å²) in [6.07, 6.45) is 0. The number of nitrogens with zero attached hydrogens (tertiary/aromatic N) is 2. The van der Waals surface area contributed by atoms with E-state index in [9.17, 15) is 4.79 Å². The van der Waals surface area contributed by atoms with E-state index in [1.54, 1.807) is 20.8 Å². The van der Waals surface area contributed by atoms with Gasteiger partial charge in [-0.25, -0.2) is 0 Å². The van der Waals surface area contributed by atoms with Crippen LogP contribution in [0.5, 0.6) is 0 Å². The minimum atomic E-state index is -0.945. The molecule has 1 unspecified atom stereocenters. The summed E-state index contributed by atoms with van der Waals surface area (Å²) in [4.78, 5) is 11.0. The Labute approximate surface area is 92.2 Å².